The lowest BCUT2D eigenvalue weighted by atomic mass is 10.0. The van der Waals surface area contributed by atoms with Gasteiger partial charge in [-0.15, -0.1) is 0 Å². The number of aliphatic hydroxyl groups is 1. The summed E-state index contributed by atoms with van der Waals surface area (Å²) in [6.07, 6.45) is 3.46. The number of rotatable bonds is 4. The van der Waals surface area contributed by atoms with Crippen LogP contribution in [0.2, 0.25) is 0 Å². The average Bonchev–Trinajstić information content (AvgIpc) is 2.99. The summed E-state index contributed by atoms with van der Waals surface area (Å²) in [4.78, 5) is 0. The third-order valence-electron chi connectivity index (χ3n) is 4.55. The molecule has 21 heavy (non-hydrogen) atoms. The van der Waals surface area contributed by atoms with Crippen molar-refractivity contribution in [2.75, 3.05) is 0 Å². The minimum atomic E-state index is -0.384. The Morgan fingerprint density at radius 2 is 1.43 bits per heavy atom. The molecule has 0 aliphatic heterocycles. The molecule has 0 amide bonds. The molecular formula is C19H23OP. The van der Waals surface area contributed by atoms with Gasteiger partial charge in [-0.05, 0) is 49.9 Å². The summed E-state index contributed by atoms with van der Waals surface area (Å²) in [6, 6.07) is 21.8. The molecule has 3 atom stereocenters. The fraction of sp³-hybridized carbons (Fsp3) is 0.368. The van der Waals surface area contributed by atoms with Crippen LogP contribution in [0, 0.1) is 5.92 Å². The molecule has 0 radical (unpaired) electrons. The van der Waals surface area contributed by atoms with Crippen LogP contribution < -0.4 is 10.6 Å². The zero-order valence-corrected chi connectivity index (χ0v) is 13.4. The van der Waals surface area contributed by atoms with Gasteiger partial charge in [0.25, 0.3) is 0 Å². The van der Waals surface area contributed by atoms with Crippen molar-refractivity contribution in [3.05, 3.63) is 60.7 Å². The Bertz CT molecular complexity index is 513. The minimum absolute atomic E-state index is 0.199. The molecular weight excluding hydrogens is 275 g/mol. The molecule has 2 aromatic carbocycles. The summed E-state index contributed by atoms with van der Waals surface area (Å²) < 4.78 is 0. The van der Waals surface area contributed by atoms with E-state index in [9.17, 15) is 5.11 Å². The first kappa shape index (κ1) is 14.8. The smallest absolute Gasteiger partial charge is 0.0546 e. The monoisotopic (exact) mass is 298 g/mol. The summed E-state index contributed by atoms with van der Waals surface area (Å²) in [5, 5.41) is 13.1. The SMILES string of the molecule is C[C@@H](O)[C@@H]1CCCC1P(c1ccccc1)c1ccccc1. The molecule has 1 N–H and O–H groups in total. The highest BCUT2D eigenvalue weighted by molar-refractivity contribution is 7.73. The Morgan fingerprint density at radius 1 is 0.905 bits per heavy atom. The maximum Gasteiger partial charge on any atom is 0.0546 e. The van der Waals surface area contributed by atoms with Crippen LogP contribution in [0.3, 0.4) is 0 Å². The Labute approximate surface area is 128 Å². The number of benzene rings is 2. The van der Waals surface area contributed by atoms with Crippen LogP contribution in [0.1, 0.15) is 26.2 Å². The molecule has 1 fully saturated rings. The van der Waals surface area contributed by atoms with Crippen molar-refractivity contribution in [1.82, 2.24) is 0 Å². The fourth-order valence-electron chi connectivity index (χ4n) is 3.56. The van der Waals surface area contributed by atoms with Crippen molar-refractivity contribution < 1.29 is 5.11 Å². The molecule has 1 unspecified atom stereocenters. The van der Waals surface area contributed by atoms with Gasteiger partial charge in [-0.25, -0.2) is 0 Å². The van der Waals surface area contributed by atoms with E-state index in [1.165, 1.54) is 29.9 Å². The molecule has 0 heterocycles. The van der Waals surface area contributed by atoms with Crippen molar-refractivity contribution in [3.63, 3.8) is 0 Å². The van der Waals surface area contributed by atoms with Crippen LogP contribution in [0.5, 0.6) is 0 Å². The minimum Gasteiger partial charge on any atom is -0.393 e. The van der Waals surface area contributed by atoms with E-state index in [0.717, 1.165) is 0 Å². The Morgan fingerprint density at radius 3 is 1.90 bits per heavy atom. The molecule has 0 aromatic heterocycles. The van der Waals surface area contributed by atoms with Gasteiger partial charge in [0.05, 0.1) is 6.10 Å². The lowest BCUT2D eigenvalue weighted by Crippen LogP contribution is -2.30. The van der Waals surface area contributed by atoms with Gasteiger partial charge >= 0.3 is 0 Å². The highest BCUT2D eigenvalue weighted by Gasteiger charge is 2.37. The van der Waals surface area contributed by atoms with Crippen LogP contribution in [0.25, 0.3) is 0 Å². The van der Waals surface area contributed by atoms with Crippen molar-refractivity contribution in [2.24, 2.45) is 5.92 Å². The van der Waals surface area contributed by atoms with Gasteiger partial charge < -0.3 is 5.11 Å². The summed E-state index contributed by atoms with van der Waals surface area (Å²) in [7, 11) is -0.384. The number of hydrogen-bond donors (Lipinski definition) is 1. The van der Waals surface area contributed by atoms with E-state index in [-0.39, 0.29) is 14.0 Å². The Balaban J connectivity index is 2.01. The van der Waals surface area contributed by atoms with Crippen LogP contribution in [-0.2, 0) is 0 Å². The molecule has 1 aliphatic rings. The molecule has 2 aromatic rings. The molecule has 110 valence electrons. The second-order valence-electron chi connectivity index (χ2n) is 5.94. The lowest BCUT2D eigenvalue weighted by Gasteiger charge is -2.31. The lowest BCUT2D eigenvalue weighted by molar-refractivity contribution is 0.131. The van der Waals surface area contributed by atoms with Gasteiger partial charge in [-0.1, -0.05) is 67.1 Å². The molecule has 2 heteroatoms. The average molecular weight is 298 g/mol. The van der Waals surface area contributed by atoms with Gasteiger partial charge in [0.15, 0.2) is 0 Å². The topological polar surface area (TPSA) is 20.2 Å². The van der Waals surface area contributed by atoms with Crippen LogP contribution >= 0.6 is 7.92 Å². The number of hydrogen-bond acceptors (Lipinski definition) is 1. The van der Waals surface area contributed by atoms with Gasteiger partial charge in [-0.3, -0.25) is 0 Å². The zero-order chi connectivity index (χ0) is 14.7. The first-order valence-corrected chi connectivity index (χ1v) is 9.26. The van der Waals surface area contributed by atoms with E-state index in [1.54, 1.807) is 0 Å². The molecule has 1 nitrogen and oxygen atoms in total. The summed E-state index contributed by atoms with van der Waals surface area (Å²) >= 11 is 0. The van der Waals surface area contributed by atoms with Gasteiger partial charge in [-0.2, -0.15) is 0 Å². The van der Waals surface area contributed by atoms with E-state index in [0.29, 0.717) is 11.6 Å². The molecule has 1 saturated carbocycles. The molecule has 0 bridgehead atoms. The van der Waals surface area contributed by atoms with Crippen molar-refractivity contribution in [3.8, 4) is 0 Å². The van der Waals surface area contributed by atoms with Gasteiger partial charge in [0, 0.05) is 0 Å². The van der Waals surface area contributed by atoms with Crippen molar-refractivity contribution >= 4 is 18.5 Å². The summed E-state index contributed by atoms with van der Waals surface area (Å²) in [6.45, 7) is 1.96. The van der Waals surface area contributed by atoms with E-state index < -0.39 is 0 Å². The van der Waals surface area contributed by atoms with E-state index in [4.69, 9.17) is 0 Å². The maximum atomic E-state index is 10.2. The Kier molecular flexibility index (Phi) is 4.73. The zero-order valence-electron chi connectivity index (χ0n) is 12.5. The van der Waals surface area contributed by atoms with Gasteiger partial charge in [0.2, 0.25) is 0 Å². The van der Waals surface area contributed by atoms with Crippen molar-refractivity contribution in [2.45, 2.75) is 37.9 Å². The largest absolute Gasteiger partial charge is 0.393 e. The standard InChI is InChI=1S/C19H23OP/c1-15(20)18-13-8-14-19(18)21(16-9-4-2-5-10-16)17-11-6-3-7-12-17/h2-7,9-12,15,18-20H,8,13-14H2,1H3/t15-,18+,19?/m1/s1. The highest BCUT2D eigenvalue weighted by Crippen LogP contribution is 2.50. The predicted octanol–water partition coefficient (Wildman–Crippen LogP) is 3.67. The predicted molar refractivity (Wildman–Crippen MR) is 91.9 cm³/mol. The summed E-state index contributed by atoms with van der Waals surface area (Å²) in [5.41, 5.74) is 0.602. The van der Waals surface area contributed by atoms with Crippen LogP contribution in [0.15, 0.2) is 60.7 Å². The molecule has 3 rings (SSSR count). The van der Waals surface area contributed by atoms with Crippen molar-refractivity contribution in [1.29, 1.82) is 0 Å². The second kappa shape index (κ2) is 6.73. The normalized spacial score (nSPS) is 23.4. The fourth-order valence-corrected chi connectivity index (χ4v) is 6.83. The van der Waals surface area contributed by atoms with E-state index in [2.05, 4.69) is 60.7 Å². The second-order valence-corrected chi connectivity index (χ2v) is 8.38. The molecule has 0 spiro atoms. The quantitative estimate of drug-likeness (QED) is 0.854. The first-order chi connectivity index (χ1) is 10.3. The van der Waals surface area contributed by atoms with Crippen LogP contribution in [0.4, 0.5) is 0 Å². The Hall–Kier alpha value is -1.17. The third-order valence-corrected chi connectivity index (χ3v) is 7.56. The highest BCUT2D eigenvalue weighted by atomic mass is 31.1. The first-order valence-electron chi connectivity index (χ1n) is 7.85. The molecule has 0 saturated heterocycles. The molecule has 1 aliphatic carbocycles. The maximum absolute atomic E-state index is 10.2. The number of aliphatic hydroxyl groups excluding tert-OH is 1. The third kappa shape index (κ3) is 3.20. The van der Waals surface area contributed by atoms with E-state index >= 15 is 0 Å². The van der Waals surface area contributed by atoms with E-state index in [1.807, 2.05) is 6.92 Å². The van der Waals surface area contributed by atoms with Crippen LogP contribution in [-0.4, -0.2) is 16.9 Å². The summed E-state index contributed by atoms with van der Waals surface area (Å²) in [5.74, 6) is 0.441. The van der Waals surface area contributed by atoms with Gasteiger partial charge in [0.1, 0.15) is 0 Å².